The van der Waals surface area contributed by atoms with Gasteiger partial charge in [0.25, 0.3) is 3.79 Å². The van der Waals surface area contributed by atoms with Crippen LogP contribution in [0.3, 0.4) is 0 Å². The van der Waals surface area contributed by atoms with Crippen LogP contribution in [0.15, 0.2) is 0 Å². The highest BCUT2D eigenvalue weighted by Crippen LogP contribution is 2.33. The molecule has 1 heterocycles. The number of nitrogens with one attached hydrogen (secondary N) is 1. The van der Waals surface area contributed by atoms with E-state index in [9.17, 15) is 9.59 Å². The third-order valence-corrected chi connectivity index (χ3v) is 3.80. The van der Waals surface area contributed by atoms with Gasteiger partial charge in [0.05, 0.1) is 6.61 Å². The van der Waals surface area contributed by atoms with Gasteiger partial charge in [-0.3, -0.25) is 15.0 Å². The molecule has 0 radical (unpaired) electrons. The molecular weight excluding hydrogens is 417 g/mol. The van der Waals surface area contributed by atoms with Crippen LogP contribution in [-0.4, -0.2) is 73.2 Å². The Morgan fingerprint density at radius 1 is 1.00 bits per heavy atom. The van der Waals surface area contributed by atoms with Crippen molar-refractivity contribution in [3.63, 3.8) is 0 Å². The van der Waals surface area contributed by atoms with E-state index in [1.54, 1.807) is 0 Å². The van der Waals surface area contributed by atoms with Gasteiger partial charge >= 0.3 is 11.9 Å². The van der Waals surface area contributed by atoms with E-state index in [2.05, 4.69) is 0 Å². The summed E-state index contributed by atoms with van der Waals surface area (Å²) in [4.78, 5) is 22.9. The second-order valence-electron chi connectivity index (χ2n) is 5.29. The number of esters is 2. The summed E-state index contributed by atoms with van der Waals surface area (Å²) in [6, 6.07) is 0. The van der Waals surface area contributed by atoms with Gasteiger partial charge in [0, 0.05) is 28.1 Å². The van der Waals surface area contributed by atoms with Gasteiger partial charge in [0.2, 0.25) is 12.2 Å². The van der Waals surface area contributed by atoms with Gasteiger partial charge in [-0.15, -0.1) is 0 Å². The van der Waals surface area contributed by atoms with Crippen LogP contribution >= 0.6 is 34.8 Å². The molecule has 1 saturated heterocycles. The SMILES string of the molecule is COC[C@H]1O[C@H](OC(=N)C(Cl)(Cl)Cl)[C@H](OC(C)=O)[C@@H](OC)[C@@H]1OC(C)=O. The maximum Gasteiger partial charge on any atom is 0.303 e. The predicted molar refractivity (Wildman–Crippen MR) is 91.5 cm³/mol. The lowest BCUT2D eigenvalue weighted by Gasteiger charge is -2.44. The molecule has 0 amide bonds. The standard InChI is InChI=1S/C14H20Cl3NO8/c1-6(19)23-9-8(5-21-3)25-12(26-13(18)14(15,16)17)11(10(9)22-4)24-7(2)20/h8-12,18H,5H2,1-4H3/t8-,9-,10+,11-,12-/m1/s1. The molecule has 26 heavy (non-hydrogen) atoms. The fourth-order valence-electron chi connectivity index (χ4n) is 2.37. The first-order chi connectivity index (χ1) is 12.0. The number of hydrogen-bond acceptors (Lipinski definition) is 9. The Balaban J connectivity index is 3.18. The predicted octanol–water partition coefficient (Wildman–Crippen LogP) is 1.60. The molecule has 1 N–H and O–H groups in total. The fraction of sp³-hybridized carbons (Fsp3) is 0.786. The smallest absolute Gasteiger partial charge is 0.303 e. The van der Waals surface area contributed by atoms with Gasteiger partial charge in [-0.25, -0.2) is 0 Å². The minimum atomic E-state index is -2.16. The maximum absolute atomic E-state index is 11.5. The molecule has 1 aliphatic heterocycles. The molecule has 0 saturated carbocycles. The monoisotopic (exact) mass is 435 g/mol. The molecular formula is C14H20Cl3NO8. The summed E-state index contributed by atoms with van der Waals surface area (Å²) in [7, 11) is 2.73. The topological polar surface area (TPSA) is 113 Å². The average Bonchev–Trinajstić information content (AvgIpc) is 2.49. The Hall–Kier alpha value is -0.840. The van der Waals surface area contributed by atoms with Crippen molar-refractivity contribution in [3.8, 4) is 0 Å². The van der Waals surface area contributed by atoms with E-state index in [1.165, 1.54) is 21.1 Å². The summed E-state index contributed by atoms with van der Waals surface area (Å²) in [5.74, 6) is -2.03. The molecule has 150 valence electrons. The highest BCUT2D eigenvalue weighted by atomic mass is 35.6. The molecule has 1 fully saturated rings. The van der Waals surface area contributed by atoms with Crippen LogP contribution in [0, 0.1) is 5.41 Å². The van der Waals surface area contributed by atoms with Crippen molar-refractivity contribution in [2.24, 2.45) is 0 Å². The number of rotatable bonds is 6. The number of ether oxygens (including phenoxy) is 6. The Bertz CT molecular complexity index is 527. The van der Waals surface area contributed by atoms with E-state index in [-0.39, 0.29) is 6.61 Å². The molecule has 0 bridgehead atoms. The first-order valence-electron chi connectivity index (χ1n) is 7.35. The summed E-state index contributed by atoms with van der Waals surface area (Å²) in [5, 5.41) is 7.71. The van der Waals surface area contributed by atoms with Crippen LogP contribution in [0.1, 0.15) is 13.8 Å². The number of methoxy groups -OCH3 is 2. The van der Waals surface area contributed by atoms with Crippen molar-refractivity contribution in [2.75, 3.05) is 20.8 Å². The molecule has 5 atom stereocenters. The summed E-state index contributed by atoms with van der Waals surface area (Å²) in [6.45, 7) is 2.36. The first-order valence-corrected chi connectivity index (χ1v) is 8.48. The van der Waals surface area contributed by atoms with Crippen LogP contribution in [0.2, 0.25) is 0 Å². The highest BCUT2D eigenvalue weighted by molar-refractivity contribution is 6.76. The second kappa shape index (κ2) is 9.91. The van der Waals surface area contributed by atoms with Crippen LogP contribution < -0.4 is 0 Å². The Morgan fingerprint density at radius 3 is 1.96 bits per heavy atom. The van der Waals surface area contributed by atoms with E-state index >= 15 is 0 Å². The zero-order valence-electron chi connectivity index (χ0n) is 14.5. The minimum absolute atomic E-state index is 0.00837. The lowest BCUT2D eigenvalue weighted by Crippen LogP contribution is -2.62. The minimum Gasteiger partial charge on any atom is -0.457 e. The fourth-order valence-corrected chi connectivity index (χ4v) is 2.51. The molecule has 0 aromatic rings. The quantitative estimate of drug-likeness (QED) is 0.289. The number of carbonyl (C=O) groups excluding carboxylic acids is 2. The van der Waals surface area contributed by atoms with Gasteiger partial charge in [-0.05, 0) is 0 Å². The zero-order valence-corrected chi connectivity index (χ0v) is 16.8. The molecule has 0 aromatic carbocycles. The largest absolute Gasteiger partial charge is 0.457 e. The number of hydrogen-bond donors (Lipinski definition) is 1. The van der Waals surface area contributed by atoms with Gasteiger partial charge in [0.15, 0.2) is 12.2 Å². The van der Waals surface area contributed by atoms with Gasteiger partial charge in [-0.2, -0.15) is 0 Å². The van der Waals surface area contributed by atoms with Crippen LogP contribution in [0.25, 0.3) is 0 Å². The van der Waals surface area contributed by atoms with Crippen molar-refractivity contribution in [1.82, 2.24) is 0 Å². The normalized spacial score (nSPS) is 29.0. The van der Waals surface area contributed by atoms with Gasteiger partial charge in [-0.1, -0.05) is 34.8 Å². The molecule has 0 aromatic heterocycles. The van der Waals surface area contributed by atoms with Crippen LogP contribution in [-0.2, 0) is 38.0 Å². The van der Waals surface area contributed by atoms with Crippen molar-refractivity contribution in [3.05, 3.63) is 0 Å². The summed E-state index contributed by atoms with van der Waals surface area (Å²) in [5.41, 5.74) is 0. The number of halogens is 3. The second-order valence-corrected chi connectivity index (χ2v) is 7.57. The Morgan fingerprint density at radius 2 is 1.54 bits per heavy atom. The molecule has 0 spiro atoms. The third-order valence-electron chi connectivity index (χ3n) is 3.29. The highest BCUT2D eigenvalue weighted by Gasteiger charge is 2.52. The lowest BCUT2D eigenvalue weighted by atomic mass is 9.98. The third kappa shape index (κ3) is 6.40. The van der Waals surface area contributed by atoms with Gasteiger partial charge in [0.1, 0.15) is 12.2 Å². The molecule has 12 heteroatoms. The van der Waals surface area contributed by atoms with Crippen molar-refractivity contribution < 1.29 is 38.0 Å². The molecule has 0 aliphatic carbocycles. The molecule has 1 rings (SSSR count). The summed E-state index contributed by atoms with van der Waals surface area (Å²) in [6.07, 6.45) is -5.37. The van der Waals surface area contributed by atoms with E-state index < -0.39 is 52.3 Å². The molecule has 0 unspecified atom stereocenters. The molecule has 9 nitrogen and oxygen atoms in total. The Labute approximate surface area is 165 Å². The van der Waals surface area contributed by atoms with Crippen LogP contribution in [0.4, 0.5) is 0 Å². The first kappa shape index (κ1) is 23.2. The number of carbonyl (C=O) groups is 2. The maximum atomic E-state index is 11.5. The van der Waals surface area contributed by atoms with Gasteiger partial charge < -0.3 is 28.4 Å². The Kier molecular flexibility index (Phi) is 8.84. The van der Waals surface area contributed by atoms with Crippen molar-refractivity contribution in [1.29, 1.82) is 5.41 Å². The van der Waals surface area contributed by atoms with E-state index in [4.69, 9.17) is 68.6 Å². The number of alkyl halides is 3. The lowest BCUT2D eigenvalue weighted by molar-refractivity contribution is -0.293. The van der Waals surface area contributed by atoms with Crippen molar-refractivity contribution in [2.45, 2.75) is 48.3 Å². The zero-order chi connectivity index (χ0) is 20.1. The summed E-state index contributed by atoms with van der Waals surface area (Å²) >= 11 is 16.8. The van der Waals surface area contributed by atoms with E-state index in [0.29, 0.717) is 0 Å². The van der Waals surface area contributed by atoms with Crippen LogP contribution in [0.5, 0.6) is 0 Å². The van der Waals surface area contributed by atoms with E-state index in [1.807, 2.05) is 0 Å². The van der Waals surface area contributed by atoms with Crippen molar-refractivity contribution >= 4 is 52.6 Å². The summed E-state index contributed by atoms with van der Waals surface area (Å²) < 4.78 is 29.6. The average molecular weight is 437 g/mol. The van der Waals surface area contributed by atoms with E-state index in [0.717, 1.165) is 6.92 Å². The molecule has 1 aliphatic rings.